The highest BCUT2D eigenvalue weighted by Crippen LogP contribution is 2.35. The van der Waals surface area contributed by atoms with Crippen molar-refractivity contribution in [3.8, 4) is 0 Å². The van der Waals surface area contributed by atoms with Gasteiger partial charge in [-0.2, -0.15) is 15.4 Å². The summed E-state index contributed by atoms with van der Waals surface area (Å²) in [6.45, 7) is 3.31. The van der Waals surface area contributed by atoms with E-state index in [-0.39, 0.29) is 18.3 Å². The third-order valence-electron chi connectivity index (χ3n) is 4.43. The summed E-state index contributed by atoms with van der Waals surface area (Å²) in [6.07, 6.45) is 3.97. The van der Waals surface area contributed by atoms with E-state index in [2.05, 4.69) is 20.3 Å². The predicted octanol–water partition coefficient (Wildman–Crippen LogP) is 0.474. The van der Waals surface area contributed by atoms with Crippen LogP contribution in [0.15, 0.2) is 6.20 Å². The fraction of sp³-hybridized carbons (Fsp3) is 0.769. The predicted molar refractivity (Wildman–Crippen MR) is 70.3 cm³/mol. The number of nitrogens with one attached hydrogen (secondary N) is 1. The summed E-state index contributed by atoms with van der Waals surface area (Å²) in [6, 6.07) is 0.511. The monoisotopic (exact) mass is 280 g/mol. The average Bonchev–Trinajstić information content (AvgIpc) is 3.08. The van der Waals surface area contributed by atoms with Crippen LogP contribution < -0.4 is 0 Å². The average molecular weight is 280 g/mol. The van der Waals surface area contributed by atoms with Crippen molar-refractivity contribution in [2.75, 3.05) is 26.3 Å². The molecular weight excluding hydrogens is 260 g/mol. The van der Waals surface area contributed by atoms with E-state index in [1.165, 1.54) is 0 Å². The summed E-state index contributed by atoms with van der Waals surface area (Å²) in [4.78, 5) is 13.5. The minimum atomic E-state index is -0.739. The highest BCUT2D eigenvalue weighted by Gasteiger charge is 2.39. The Kier molecular flexibility index (Phi) is 3.98. The lowest BCUT2D eigenvalue weighted by molar-refractivity contribution is -0.138. The number of ether oxygens (including phenoxy) is 1. The molecule has 3 rings (SSSR count). The van der Waals surface area contributed by atoms with Crippen LogP contribution in [0.25, 0.3) is 0 Å². The molecular formula is C13H20N4O3. The SMILES string of the molecule is O=C(O)C[C@@H]1CN(C2CCOCC2)C[C@@H]1c1cn[nH]n1. The Morgan fingerprint density at radius 3 is 2.90 bits per heavy atom. The maximum atomic E-state index is 11.1. The minimum Gasteiger partial charge on any atom is -0.481 e. The second kappa shape index (κ2) is 5.88. The molecule has 0 radical (unpaired) electrons. The number of likely N-dealkylation sites (tertiary alicyclic amines) is 1. The van der Waals surface area contributed by atoms with Gasteiger partial charge in [-0.25, -0.2) is 0 Å². The zero-order chi connectivity index (χ0) is 13.9. The molecule has 3 heterocycles. The lowest BCUT2D eigenvalue weighted by Gasteiger charge is -2.31. The molecule has 0 aliphatic carbocycles. The van der Waals surface area contributed by atoms with Crippen LogP contribution in [-0.2, 0) is 9.53 Å². The van der Waals surface area contributed by atoms with Crippen LogP contribution in [0.5, 0.6) is 0 Å². The molecule has 0 aromatic carbocycles. The number of carboxylic acid groups (broad SMARTS) is 1. The number of aliphatic carboxylic acids is 1. The van der Waals surface area contributed by atoms with E-state index in [0.29, 0.717) is 6.04 Å². The third-order valence-corrected chi connectivity index (χ3v) is 4.43. The van der Waals surface area contributed by atoms with Crippen molar-refractivity contribution in [1.82, 2.24) is 20.3 Å². The molecule has 0 spiro atoms. The number of H-pyrrole nitrogens is 1. The summed E-state index contributed by atoms with van der Waals surface area (Å²) >= 11 is 0. The maximum Gasteiger partial charge on any atom is 0.303 e. The number of carbonyl (C=O) groups is 1. The summed E-state index contributed by atoms with van der Waals surface area (Å²) < 4.78 is 5.40. The normalized spacial score (nSPS) is 28.8. The smallest absolute Gasteiger partial charge is 0.303 e. The van der Waals surface area contributed by atoms with Gasteiger partial charge in [0.2, 0.25) is 0 Å². The molecule has 2 aliphatic heterocycles. The van der Waals surface area contributed by atoms with Crippen LogP contribution in [-0.4, -0.2) is 63.7 Å². The van der Waals surface area contributed by atoms with Crippen LogP contribution >= 0.6 is 0 Å². The Labute approximate surface area is 117 Å². The van der Waals surface area contributed by atoms with Crippen LogP contribution in [0, 0.1) is 5.92 Å². The molecule has 0 unspecified atom stereocenters. The molecule has 7 nitrogen and oxygen atoms in total. The lowest BCUT2D eigenvalue weighted by atomic mass is 9.91. The van der Waals surface area contributed by atoms with Gasteiger partial charge in [-0.3, -0.25) is 9.69 Å². The van der Waals surface area contributed by atoms with Crippen LogP contribution in [0.1, 0.15) is 30.9 Å². The first kappa shape index (κ1) is 13.5. The fourth-order valence-corrected chi connectivity index (χ4v) is 3.41. The Morgan fingerprint density at radius 1 is 1.45 bits per heavy atom. The van der Waals surface area contributed by atoms with Crippen LogP contribution in [0.4, 0.5) is 0 Å². The molecule has 2 N–H and O–H groups in total. The highest BCUT2D eigenvalue weighted by atomic mass is 16.5. The van der Waals surface area contributed by atoms with Gasteiger partial charge in [0.1, 0.15) is 0 Å². The van der Waals surface area contributed by atoms with Crippen molar-refractivity contribution >= 4 is 5.97 Å². The first-order valence-corrected chi connectivity index (χ1v) is 7.13. The number of hydrogen-bond donors (Lipinski definition) is 2. The molecule has 2 fully saturated rings. The third kappa shape index (κ3) is 2.83. The van der Waals surface area contributed by atoms with Crippen molar-refractivity contribution < 1.29 is 14.6 Å². The summed E-state index contributed by atoms with van der Waals surface area (Å²) in [5.74, 6) is -0.467. The minimum absolute atomic E-state index is 0.112. The number of rotatable bonds is 4. The van der Waals surface area contributed by atoms with Crippen LogP contribution in [0.3, 0.4) is 0 Å². The number of aromatic amines is 1. The maximum absolute atomic E-state index is 11.1. The highest BCUT2D eigenvalue weighted by molar-refractivity contribution is 5.67. The Morgan fingerprint density at radius 2 is 2.25 bits per heavy atom. The van der Waals surface area contributed by atoms with E-state index in [0.717, 1.165) is 44.8 Å². The van der Waals surface area contributed by atoms with Gasteiger partial charge in [0.15, 0.2) is 0 Å². The summed E-state index contributed by atoms with van der Waals surface area (Å²) in [5.41, 5.74) is 0.880. The van der Waals surface area contributed by atoms with Gasteiger partial charge >= 0.3 is 5.97 Å². The van der Waals surface area contributed by atoms with E-state index < -0.39 is 5.97 Å². The zero-order valence-electron chi connectivity index (χ0n) is 11.4. The second-order valence-electron chi connectivity index (χ2n) is 5.66. The van der Waals surface area contributed by atoms with Gasteiger partial charge in [-0.05, 0) is 18.8 Å². The molecule has 20 heavy (non-hydrogen) atoms. The fourth-order valence-electron chi connectivity index (χ4n) is 3.41. The van der Waals surface area contributed by atoms with E-state index >= 15 is 0 Å². The van der Waals surface area contributed by atoms with Crippen molar-refractivity contribution in [3.05, 3.63) is 11.9 Å². The first-order valence-electron chi connectivity index (χ1n) is 7.13. The van der Waals surface area contributed by atoms with Gasteiger partial charge < -0.3 is 9.84 Å². The Bertz CT molecular complexity index is 444. The number of nitrogens with zero attached hydrogens (tertiary/aromatic N) is 3. The zero-order valence-corrected chi connectivity index (χ0v) is 11.4. The molecule has 2 saturated heterocycles. The topological polar surface area (TPSA) is 91.3 Å². The molecule has 7 heteroatoms. The van der Waals surface area contributed by atoms with Gasteiger partial charge in [0.25, 0.3) is 0 Å². The Balaban J connectivity index is 1.72. The van der Waals surface area contributed by atoms with Gasteiger partial charge in [-0.1, -0.05) is 0 Å². The van der Waals surface area contributed by atoms with Crippen molar-refractivity contribution in [1.29, 1.82) is 0 Å². The van der Waals surface area contributed by atoms with Crippen molar-refractivity contribution in [2.24, 2.45) is 5.92 Å². The molecule has 1 aromatic rings. The largest absolute Gasteiger partial charge is 0.481 e. The quantitative estimate of drug-likeness (QED) is 0.833. The number of aromatic nitrogens is 3. The molecule has 0 saturated carbocycles. The molecule has 0 amide bonds. The van der Waals surface area contributed by atoms with E-state index in [9.17, 15) is 4.79 Å². The standard InChI is InChI=1S/C13H20N4O3/c18-13(19)5-9-7-17(10-1-3-20-4-2-10)8-11(9)12-6-14-16-15-12/h6,9-11H,1-5,7-8H2,(H,18,19)(H,14,15,16)/t9-,11+/m1/s1. The summed E-state index contributed by atoms with van der Waals surface area (Å²) in [5, 5.41) is 19.7. The van der Waals surface area contributed by atoms with E-state index in [1.807, 2.05) is 0 Å². The summed E-state index contributed by atoms with van der Waals surface area (Å²) in [7, 11) is 0. The van der Waals surface area contributed by atoms with Crippen LogP contribution in [0.2, 0.25) is 0 Å². The molecule has 0 bridgehead atoms. The number of carboxylic acids is 1. The van der Waals surface area contributed by atoms with Crippen molar-refractivity contribution in [2.45, 2.75) is 31.2 Å². The van der Waals surface area contributed by atoms with Crippen molar-refractivity contribution in [3.63, 3.8) is 0 Å². The van der Waals surface area contributed by atoms with Gasteiger partial charge in [0.05, 0.1) is 18.3 Å². The van der Waals surface area contributed by atoms with E-state index in [1.54, 1.807) is 6.20 Å². The lowest BCUT2D eigenvalue weighted by Crippen LogP contribution is -2.38. The first-order chi connectivity index (χ1) is 9.74. The van der Waals surface area contributed by atoms with Gasteiger partial charge in [0, 0.05) is 38.3 Å². The number of hydrogen-bond acceptors (Lipinski definition) is 5. The van der Waals surface area contributed by atoms with Gasteiger partial charge in [-0.15, -0.1) is 0 Å². The molecule has 2 aliphatic rings. The Hall–Kier alpha value is -1.47. The second-order valence-corrected chi connectivity index (χ2v) is 5.66. The molecule has 1 aromatic heterocycles. The molecule has 2 atom stereocenters. The van der Waals surface area contributed by atoms with E-state index in [4.69, 9.17) is 9.84 Å². The molecule has 110 valence electrons.